The summed E-state index contributed by atoms with van der Waals surface area (Å²) in [6, 6.07) is 10.5. The number of thiocarbonyl (C=S) groups is 1. The van der Waals surface area contributed by atoms with Crippen molar-refractivity contribution >= 4 is 28.9 Å². The van der Waals surface area contributed by atoms with Crippen LogP contribution >= 0.6 is 23.8 Å². The van der Waals surface area contributed by atoms with Crippen LogP contribution in [0.15, 0.2) is 29.1 Å². The Morgan fingerprint density at radius 2 is 1.91 bits per heavy atom. The van der Waals surface area contributed by atoms with Crippen LogP contribution in [0.25, 0.3) is 0 Å². The zero-order valence-electron chi connectivity index (χ0n) is 12.1. The van der Waals surface area contributed by atoms with Gasteiger partial charge in [0.1, 0.15) is 5.92 Å². The van der Waals surface area contributed by atoms with Crippen molar-refractivity contribution in [2.75, 3.05) is 0 Å². The molecule has 0 unspecified atom stereocenters. The molecule has 2 rings (SSSR count). The summed E-state index contributed by atoms with van der Waals surface area (Å²) < 4.78 is 1.02. The third-order valence-electron chi connectivity index (χ3n) is 3.49. The molecule has 0 bridgehead atoms. The molecule has 0 aliphatic carbocycles. The lowest BCUT2D eigenvalue weighted by Crippen LogP contribution is -2.32. The Morgan fingerprint density at radius 1 is 1.35 bits per heavy atom. The number of aromatic amines is 1. The summed E-state index contributed by atoms with van der Waals surface area (Å²) in [5, 5.41) is 21.8. The van der Waals surface area contributed by atoms with Crippen molar-refractivity contribution in [2.45, 2.75) is 12.8 Å². The van der Waals surface area contributed by atoms with Crippen molar-refractivity contribution in [1.29, 1.82) is 10.5 Å². The second-order valence-corrected chi connectivity index (χ2v) is 5.75. The summed E-state index contributed by atoms with van der Waals surface area (Å²) in [5.74, 6) is -1.78. The first-order valence-corrected chi connectivity index (χ1v) is 7.35. The number of nitrogens with two attached hydrogens (primary N) is 1. The van der Waals surface area contributed by atoms with Crippen molar-refractivity contribution in [2.24, 2.45) is 11.7 Å². The predicted octanol–water partition coefficient (Wildman–Crippen LogP) is 2.03. The third-order valence-corrected chi connectivity index (χ3v) is 3.92. The van der Waals surface area contributed by atoms with Gasteiger partial charge < -0.3 is 5.73 Å². The van der Waals surface area contributed by atoms with E-state index in [1.165, 1.54) is 0 Å². The molecule has 2 aromatic rings. The molecule has 0 fully saturated rings. The zero-order valence-corrected chi connectivity index (χ0v) is 13.6. The number of rotatable bonds is 3. The van der Waals surface area contributed by atoms with Gasteiger partial charge in [0.25, 0.3) is 5.56 Å². The summed E-state index contributed by atoms with van der Waals surface area (Å²) in [5.41, 5.74) is 6.46. The van der Waals surface area contributed by atoms with Crippen molar-refractivity contribution in [1.82, 2.24) is 9.78 Å². The van der Waals surface area contributed by atoms with Gasteiger partial charge in [-0.1, -0.05) is 23.7 Å². The number of nitrogens with one attached hydrogen (secondary N) is 1. The summed E-state index contributed by atoms with van der Waals surface area (Å²) in [6.45, 7) is 1.67. The number of hydrogen-bond acceptors (Lipinski definition) is 4. The molecule has 0 radical (unpaired) electrons. The van der Waals surface area contributed by atoms with Gasteiger partial charge >= 0.3 is 0 Å². The van der Waals surface area contributed by atoms with Gasteiger partial charge in [-0.05, 0) is 36.8 Å². The minimum absolute atomic E-state index is 0.135. The van der Waals surface area contributed by atoms with E-state index < -0.39 is 17.4 Å². The summed E-state index contributed by atoms with van der Waals surface area (Å²) in [7, 11) is 0. The normalized spacial score (nSPS) is 11.7. The highest BCUT2D eigenvalue weighted by Crippen LogP contribution is 2.32. The minimum atomic E-state index is -1.04. The van der Waals surface area contributed by atoms with Crippen molar-refractivity contribution in [3.05, 3.63) is 56.5 Å². The Hall–Kier alpha value is -2.61. The molecule has 6 nitrogen and oxygen atoms in total. The van der Waals surface area contributed by atoms with Crippen LogP contribution in [0.2, 0.25) is 5.02 Å². The van der Waals surface area contributed by atoms with E-state index >= 15 is 0 Å². The number of hydrogen-bond donors (Lipinski definition) is 2. The van der Waals surface area contributed by atoms with Crippen molar-refractivity contribution in [3.8, 4) is 12.1 Å². The van der Waals surface area contributed by atoms with Crippen molar-refractivity contribution < 1.29 is 0 Å². The molecule has 0 saturated carbocycles. The van der Waals surface area contributed by atoms with Gasteiger partial charge in [-0.3, -0.25) is 9.89 Å². The van der Waals surface area contributed by atoms with Crippen LogP contribution in [-0.2, 0) is 0 Å². The Bertz CT molecular complexity index is 871. The molecule has 8 heteroatoms. The Balaban J connectivity index is 2.72. The third kappa shape index (κ3) is 3.11. The Morgan fingerprint density at radius 3 is 2.35 bits per heavy atom. The van der Waals surface area contributed by atoms with Crippen molar-refractivity contribution in [3.63, 3.8) is 0 Å². The standard InChI is InChI=1S/C15H12ClN5OS/c1-8-12(14(22)21(20-8)15(19)23)13(10(6-17)7-18)9-2-4-11(16)5-3-9/h2-5,10,13,20H,1H3,(H2,19,23)/t13-/m1/s1. The molecule has 0 amide bonds. The fourth-order valence-electron chi connectivity index (χ4n) is 2.45. The first kappa shape index (κ1) is 16.8. The maximum Gasteiger partial charge on any atom is 0.277 e. The smallest absolute Gasteiger partial charge is 0.277 e. The number of halogens is 1. The summed E-state index contributed by atoms with van der Waals surface area (Å²) in [4.78, 5) is 12.6. The Kier molecular flexibility index (Phi) is 4.85. The molecule has 1 aromatic carbocycles. The highest BCUT2D eigenvalue weighted by atomic mass is 35.5. The van der Waals surface area contributed by atoms with Crippen LogP contribution in [-0.4, -0.2) is 14.9 Å². The number of nitrogens with zero attached hydrogens (tertiary/aromatic N) is 3. The molecular weight excluding hydrogens is 334 g/mol. The number of aryl methyl sites for hydroxylation is 1. The summed E-state index contributed by atoms with van der Waals surface area (Å²) in [6.07, 6.45) is 0. The van der Waals surface area contributed by atoms with E-state index in [1.54, 1.807) is 31.2 Å². The molecule has 3 N–H and O–H groups in total. The molecule has 0 aliphatic heterocycles. The SMILES string of the molecule is Cc1[nH]n(C(N)=S)c(=O)c1[C@H](c1ccc(Cl)cc1)C(C#N)C#N. The van der Waals surface area contributed by atoms with Gasteiger partial charge in [0.2, 0.25) is 0 Å². The molecule has 1 heterocycles. The van der Waals surface area contributed by atoms with E-state index in [0.29, 0.717) is 16.3 Å². The lowest BCUT2D eigenvalue weighted by molar-refractivity contribution is 0.700. The van der Waals surface area contributed by atoms with Gasteiger partial charge in [-0.25, -0.2) is 0 Å². The van der Waals surface area contributed by atoms with E-state index in [2.05, 4.69) is 5.10 Å². The average molecular weight is 346 g/mol. The summed E-state index contributed by atoms with van der Waals surface area (Å²) >= 11 is 10.7. The second-order valence-electron chi connectivity index (χ2n) is 4.89. The van der Waals surface area contributed by atoms with Crippen LogP contribution in [0.3, 0.4) is 0 Å². The second kappa shape index (κ2) is 6.66. The highest BCUT2D eigenvalue weighted by Gasteiger charge is 2.31. The van der Waals surface area contributed by atoms with Crippen LogP contribution < -0.4 is 11.3 Å². The first-order chi connectivity index (χ1) is 10.9. The molecule has 23 heavy (non-hydrogen) atoms. The fraction of sp³-hybridized carbons (Fsp3) is 0.200. The van der Waals surface area contributed by atoms with Gasteiger partial charge in [0, 0.05) is 22.2 Å². The lowest BCUT2D eigenvalue weighted by atomic mass is 9.82. The Labute approximate surface area is 142 Å². The van der Waals surface area contributed by atoms with Gasteiger partial charge in [0.15, 0.2) is 5.11 Å². The van der Waals surface area contributed by atoms with Crippen LogP contribution in [0.5, 0.6) is 0 Å². The molecule has 0 aliphatic rings. The number of H-pyrrole nitrogens is 1. The average Bonchev–Trinajstić information content (AvgIpc) is 2.81. The molecule has 0 spiro atoms. The zero-order chi connectivity index (χ0) is 17.1. The maximum atomic E-state index is 12.6. The number of benzene rings is 1. The molecule has 0 saturated heterocycles. The molecular formula is C15H12ClN5OS. The maximum absolute atomic E-state index is 12.6. The van der Waals surface area contributed by atoms with Gasteiger partial charge in [-0.2, -0.15) is 15.2 Å². The van der Waals surface area contributed by atoms with Crippen LogP contribution in [0, 0.1) is 35.5 Å². The van der Waals surface area contributed by atoms with E-state index in [9.17, 15) is 15.3 Å². The van der Waals surface area contributed by atoms with Crippen LogP contribution in [0.4, 0.5) is 0 Å². The number of aromatic nitrogens is 2. The van der Waals surface area contributed by atoms with E-state index in [0.717, 1.165) is 4.68 Å². The number of nitriles is 2. The quantitative estimate of drug-likeness (QED) is 0.826. The monoisotopic (exact) mass is 345 g/mol. The van der Waals surface area contributed by atoms with Gasteiger partial charge in [-0.15, -0.1) is 0 Å². The highest BCUT2D eigenvalue weighted by molar-refractivity contribution is 7.80. The van der Waals surface area contributed by atoms with E-state index in [-0.39, 0.29) is 10.7 Å². The predicted molar refractivity (Wildman–Crippen MR) is 90.0 cm³/mol. The molecule has 116 valence electrons. The molecule has 1 aromatic heterocycles. The van der Waals surface area contributed by atoms with E-state index in [4.69, 9.17) is 29.6 Å². The minimum Gasteiger partial charge on any atom is -0.374 e. The molecule has 1 atom stereocenters. The van der Waals surface area contributed by atoms with E-state index in [1.807, 2.05) is 12.1 Å². The lowest BCUT2D eigenvalue weighted by Gasteiger charge is -2.17. The topological polar surface area (TPSA) is 111 Å². The fourth-order valence-corrected chi connectivity index (χ4v) is 2.71. The largest absolute Gasteiger partial charge is 0.374 e. The van der Waals surface area contributed by atoms with Gasteiger partial charge in [0.05, 0.1) is 12.1 Å². The first-order valence-electron chi connectivity index (χ1n) is 6.56. The van der Waals surface area contributed by atoms with Crippen LogP contribution in [0.1, 0.15) is 22.7 Å².